The number of aromatic amines is 1. The van der Waals surface area contributed by atoms with Gasteiger partial charge >= 0.3 is 5.97 Å². The topological polar surface area (TPSA) is 66.0 Å². The second-order valence-electron chi connectivity index (χ2n) is 8.57. The minimum Gasteiger partial charge on any atom is -0.478 e. The van der Waals surface area contributed by atoms with E-state index >= 15 is 4.39 Å². The van der Waals surface area contributed by atoms with E-state index < -0.39 is 5.97 Å². The zero-order chi connectivity index (χ0) is 23.8. The Balaban J connectivity index is 1.77. The van der Waals surface area contributed by atoms with Gasteiger partial charge in [0.1, 0.15) is 5.82 Å². The summed E-state index contributed by atoms with van der Waals surface area (Å²) in [6.45, 7) is 2.02. The van der Waals surface area contributed by atoms with Crippen molar-refractivity contribution in [1.29, 1.82) is 0 Å². The monoisotopic (exact) mass is 472 g/mol. The molecule has 1 saturated carbocycles. The molecule has 0 atom stereocenters. The normalized spacial score (nSPS) is 14.6. The molecule has 1 aliphatic rings. The fourth-order valence-corrected chi connectivity index (χ4v) is 4.65. The van der Waals surface area contributed by atoms with Gasteiger partial charge in [-0.25, -0.2) is 9.18 Å². The third-order valence-electron chi connectivity index (χ3n) is 6.18. The largest absolute Gasteiger partial charge is 0.478 e. The highest BCUT2D eigenvalue weighted by Gasteiger charge is 2.32. The lowest BCUT2D eigenvalue weighted by molar-refractivity contribution is -0.131. The lowest BCUT2D eigenvalue weighted by Gasteiger charge is -2.20. The average Bonchev–Trinajstić information content (AvgIpc) is 3.53. The number of rotatable bonds is 6. The fraction of sp³-hybridized carbons (Fsp3) is 0.143. The molecule has 34 heavy (non-hydrogen) atoms. The average molecular weight is 473 g/mol. The Morgan fingerprint density at radius 3 is 2.53 bits per heavy atom. The summed E-state index contributed by atoms with van der Waals surface area (Å²) in [5.74, 6) is -1.00. The zero-order valence-electron chi connectivity index (χ0n) is 18.5. The van der Waals surface area contributed by atoms with Gasteiger partial charge in [0.15, 0.2) is 0 Å². The van der Waals surface area contributed by atoms with Gasteiger partial charge in [-0.05, 0) is 89.4 Å². The second-order valence-corrected chi connectivity index (χ2v) is 9.01. The highest BCUT2D eigenvalue weighted by molar-refractivity contribution is 6.30. The van der Waals surface area contributed by atoms with Crippen molar-refractivity contribution in [3.63, 3.8) is 0 Å². The maximum absolute atomic E-state index is 15.9. The van der Waals surface area contributed by atoms with Crippen molar-refractivity contribution in [3.8, 4) is 0 Å². The quantitative estimate of drug-likeness (QED) is 0.231. The first kappa shape index (κ1) is 22.1. The number of nitrogens with one attached hydrogen (secondary N) is 1. The third kappa shape index (κ3) is 4.27. The van der Waals surface area contributed by atoms with Crippen LogP contribution in [-0.2, 0) is 4.79 Å². The Morgan fingerprint density at radius 1 is 1.12 bits per heavy atom. The number of fused-ring (bicyclic) bond motifs is 1. The molecule has 0 bridgehead atoms. The van der Waals surface area contributed by atoms with Crippen molar-refractivity contribution in [3.05, 3.63) is 106 Å². The minimum atomic E-state index is -1.01. The number of nitrogens with zero attached hydrogens (tertiary/aromatic N) is 1. The number of benzene rings is 3. The van der Waals surface area contributed by atoms with E-state index in [4.69, 9.17) is 16.7 Å². The number of carboxylic acids is 1. The summed E-state index contributed by atoms with van der Waals surface area (Å²) in [6, 6.07) is 17.0. The number of carbonyl (C=O) groups is 1. The summed E-state index contributed by atoms with van der Waals surface area (Å²) in [4.78, 5) is 10.9. The molecule has 0 amide bonds. The van der Waals surface area contributed by atoms with Gasteiger partial charge in [0, 0.05) is 16.7 Å². The summed E-state index contributed by atoms with van der Waals surface area (Å²) in [5.41, 5.74) is 6.81. The van der Waals surface area contributed by atoms with Crippen LogP contribution in [-0.4, -0.2) is 21.3 Å². The highest BCUT2D eigenvalue weighted by atomic mass is 35.5. The molecule has 4 nitrogen and oxygen atoms in total. The van der Waals surface area contributed by atoms with Gasteiger partial charge in [-0.3, -0.25) is 5.10 Å². The van der Waals surface area contributed by atoms with E-state index in [9.17, 15) is 4.79 Å². The first-order valence-corrected chi connectivity index (χ1v) is 11.4. The summed E-state index contributed by atoms with van der Waals surface area (Å²) < 4.78 is 15.9. The molecule has 170 valence electrons. The molecule has 0 aliphatic heterocycles. The van der Waals surface area contributed by atoms with Crippen LogP contribution in [0.1, 0.15) is 40.7 Å². The Bertz CT molecular complexity index is 1460. The van der Waals surface area contributed by atoms with Crippen LogP contribution in [0.3, 0.4) is 0 Å². The molecule has 4 aromatic rings. The Labute approximate surface area is 201 Å². The van der Waals surface area contributed by atoms with Gasteiger partial charge in [0.2, 0.25) is 0 Å². The molecule has 0 radical (unpaired) electrons. The van der Waals surface area contributed by atoms with Crippen LogP contribution >= 0.6 is 11.6 Å². The number of aromatic nitrogens is 2. The lowest BCUT2D eigenvalue weighted by atomic mass is 9.84. The summed E-state index contributed by atoms with van der Waals surface area (Å²) in [7, 11) is 0. The molecule has 1 fully saturated rings. The van der Waals surface area contributed by atoms with E-state index in [2.05, 4.69) is 10.2 Å². The fourth-order valence-electron chi connectivity index (χ4n) is 4.42. The maximum Gasteiger partial charge on any atom is 0.328 e. The van der Waals surface area contributed by atoms with Gasteiger partial charge < -0.3 is 5.11 Å². The van der Waals surface area contributed by atoms with Crippen molar-refractivity contribution in [2.45, 2.75) is 19.8 Å². The first-order chi connectivity index (χ1) is 16.4. The molecule has 1 heterocycles. The van der Waals surface area contributed by atoms with E-state index in [-0.39, 0.29) is 5.82 Å². The van der Waals surface area contributed by atoms with Gasteiger partial charge in [-0.1, -0.05) is 41.9 Å². The second kappa shape index (κ2) is 8.92. The Hall–Kier alpha value is -3.70. The number of allylic oxidation sites excluding steroid dienone is 1. The predicted molar refractivity (Wildman–Crippen MR) is 134 cm³/mol. The van der Waals surface area contributed by atoms with Gasteiger partial charge in [0.25, 0.3) is 0 Å². The minimum absolute atomic E-state index is 0.319. The van der Waals surface area contributed by atoms with E-state index in [1.807, 2.05) is 55.5 Å². The molecule has 1 aromatic heterocycles. The van der Waals surface area contributed by atoms with Gasteiger partial charge in [-0.2, -0.15) is 5.10 Å². The first-order valence-electron chi connectivity index (χ1n) is 11.1. The van der Waals surface area contributed by atoms with Gasteiger partial charge in [0.05, 0.1) is 17.1 Å². The number of carboxylic acid groups (broad SMARTS) is 1. The number of halogens is 2. The summed E-state index contributed by atoms with van der Waals surface area (Å²) >= 11 is 6.24. The van der Waals surface area contributed by atoms with Crippen molar-refractivity contribution >= 4 is 45.7 Å². The molecule has 1 aliphatic carbocycles. The van der Waals surface area contributed by atoms with E-state index in [1.165, 1.54) is 6.20 Å². The van der Waals surface area contributed by atoms with Crippen molar-refractivity contribution in [2.75, 3.05) is 0 Å². The van der Waals surface area contributed by atoms with E-state index in [0.29, 0.717) is 27.4 Å². The molecular weight excluding hydrogens is 451 g/mol. The molecule has 0 unspecified atom stereocenters. The molecular formula is C28H22ClFN2O2. The third-order valence-corrected chi connectivity index (χ3v) is 6.41. The number of hydrogen-bond acceptors (Lipinski definition) is 2. The highest BCUT2D eigenvalue weighted by Crippen LogP contribution is 2.49. The lowest BCUT2D eigenvalue weighted by Crippen LogP contribution is -2.01. The molecule has 3 aromatic carbocycles. The number of aliphatic carboxylic acids is 1. The summed E-state index contributed by atoms with van der Waals surface area (Å²) in [6.07, 6.45) is 6.23. The predicted octanol–water partition coefficient (Wildman–Crippen LogP) is 7.13. The van der Waals surface area contributed by atoms with Gasteiger partial charge in [-0.15, -0.1) is 0 Å². The van der Waals surface area contributed by atoms with Crippen molar-refractivity contribution < 1.29 is 14.3 Å². The SMILES string of the molecule is Cc1cc(Cl)ccc1C(=C(c1ccc(C=CC(=O)O)cc1)c1ccc2[nH]ncc2c1F)C1CC1. The number of H-pyrrole nitrogens is 1. The van der Waals surface area contributed by atoms with Crippen molar-refractivity contribution in [1.82, 2.24) is 10.2 Å². The van der Waals surface area contributed by atoms with Crippen LogP contribution in [0.15, 0.2) is 66.9 Å². The number of hydrogen-bond donors (Lipinski definition) is 2. The smallest absolute Gasteiger partial charge is 0.328 e. The van der Waals surface area contributed by atoms with Crippen LogP contribution in [0.25, 0.3) is 28.1 Å². The van der Waals surface area contributed by atoms with Crippen LogP contribution in [0.5, 0.6) is 0 Å². The molecule has 6 heteroatoms. The zero-order valence-corrected chi connectivity index (χ0v) is 19.2. The van der Waals surface area contributed by atoms with Crippen LogP contribution in [0.4, 0.5) is 4.39 Å². The molecule has 5 rings (SSSR count). The van der Waals surface area contributed by atoms with E-state index in [1.54, 1.807) is 12.1 Å². The van der Waals surface area contributed by atoms with Crippen LogP contribution in [0.2, 0.25) is 5.02 Å². The summed E-state index contributed by atoms with van der Waals surface area (Å²) in [5, 5.41) is 16.9. The standard InChI is InChI=1S/C28H22ClFN2O2/c1-16-14-20(29)9-10-21(16)26(19-7-8-19)27(18-5-2-17(3-6-18)4-13-25(33)34)22-11-12-24-23(28(22)30)15-31-32-24/h2-6,9-15,19H,7-8H2,1H3,(H,31,32)(H,33,34). The number of aryl methyl sites for hydroxylation is 1. The molecule has 2 N–H and O–H groups in total. The van der Waals surface area contributed by atoms with E-state index in [0.717, 1.165) is 52.3 Å². The Morgan fingerprint density at radius 2 is 1.85 bits per heavy atom. The maximum atomic E-state index is 15.9. The van der Waals surface area contributed by atoms with Crippen molar-refractivity contribution in [2.24, 2.45) is 5.92 Å². The van der Waals surface area contributed by atoms with Crippen LogP contribution in [0, 0.1) is 18.7 Å². The Kier molecular flexibility index (Phi) is 5.80. The molecule has 0 saturated heterocycles. The molecule has 0 spiro atoms. The van der Waals surface area contributed by atoms with Crippen LogP contribution < -0.4 is 0 Å².